The monoisotopic (exact) mass is 402 g/mol. The quantitative estimate of drug-likeness (QED) is 0.516. The van der Waals surface area contributed by atoms with Crippen molar-refractivity contribution in [3.63, 3.8) is 0 Å². The number of rotatable bonds is 5. The van der Waals surface area contributed by atoms with Crippen molar-refractivity contribution in [1.29, 1.82) is 0 Å². The van der Waals surface area contributed by atoms with E-state index in [1.54, 1.807) is 63.0 Å². The smallest absolute Gasteiger partial charge is 0.320 e. The lowest BCUT2D eigenvalue weighted by molar-refractivity contribution is 0.0827. The largest absolute Gasteiger partial charge is 0.401 e. The van der Waals surface area contributed by atoms with Crippen LogP contribution >= 0.6 is 0 Å². The summed E-state index contributed by atoms with van der Waals surface area (Å²) in [7, 11) is 3.41. The molecule has 0 atom stereocenters. The second-order valence-corrected chi connectivity index (χ2v) is 6.55. The molecule has 4 aromatic rings. The Morgan fingerprint density at radius 3 is 2.60 bits per heavy atom. The number of benzene rings is 1. The number of hydrogen-bond donors (Lipinski definition) is 2. The van der Waals surface area contributed by atoms with Gasteiger partial charge in [0.15, 0.2) is 11.5 Å². The molecule has 1 aromatic carbocycles. The minimum Gasteiger partial charge on any atom is -0.401 e. The Balaban J connectivity index is 1.60. The molecule has 0 aliphatic carbocycles. The number of nitrogen functional groups attached to an aromatic ring is 1. The molecule has 0 bridgehead atoms. The minimum absolute atomic E-state index is 0.0786. The van der Waals surface area contributed by atoms with Crippen LogP contribution in [-0.2, 0) is 0 Å². The van der Waals surface area contributed by atoms with Crippen LogP contribution in [0.5, 0.6) is 0 Å². The number of amides is 1. The summed E-state index contributed by atoms with van der Waals surface area (Å²) in [4.78, 5) is 26.3. The summed E-state index contributed by atoms with van der Waals surface area (Å²) in [5.74, 6) is 0.215. The summed E-state index contributed by atoms with van der Waals surface area (Å²) < 4.78 is 5.63. The predicted molar refractivity (Wildman–Crippen MR) is 111 cm³/mol. The molecule has 0 radical (unpaired) electrons. The van der Waals surface area contributed by atoms with Crippen molar-refractivity contribution in [2.45, 2.75) is 0 Å². The highest BCUT2D eigenvalue weighted by atomic mass is 16.4. The van der Waals surface area contributed by atoms with Gasteiger partial charge in [-0.1, -0.05) is 17.2 Å². The van der Waals surface area contributed by atoms with E-state index in [1.165, 1.54) is 4.90 Å². The summed E-state index contributed by atoms with van der Waals surface area (Å²) in [5, 5.41) is 10.9. The minimum atomic E-state index is -0.0786. The number of carbonyl (C=O) groups excluding carboxylic acids is 1. The highest BCUT2D eigenvalue weighted by molar-refractivity contribution is 5.94. The van der Waals surface area contributed by atoms with Crippen LogP contribution in [-0.4, -0.2) is 50.1 Å². The van der Waals surface area contributed by atoms with E-state index in [4.69, 9.17) is 10.2 Å². The van der Waals surface area contributed by atoms with E-state index in [1.807, 2.05) is 6.07 Å². The van der Waals surface area contributed by atoms with E-state index in [9.17, 15) is 4.79 Å². The Bertz CT molecular complexity index is 1170. The average molecular weight is 402 g/mol. The third-order valence-corrected chi connectivity index (χ3v) is 4.17. The fourth-order valence-electron chi connectivity index (χ4n) is 2.67. The van der Waals surface area contributed by atoms with Crippen LogP contribution in [0.2, 0.25) is 0 Å². The van der Waals surface area contributed by atoms with Crippen molar-refractivity contribution in [3.05, 3.63) is 60.6 Å². The molecule has 3 heterocycles. The third kappa shape index (κ3) is 3.92. The number of pyridine rings is 1. The Labute approximate surface area is 171 Å². The van der Waals surface area contributed by atoms with Gasteiger partial charge in [0.25, 0.3) is 11.8 Å². The highest BCUT2D eigenvalue weighted by Crippen LogP contribution is 2.27. The van der Waals surface area contributed by atoms with E-state index in [2.05, 4.69) is 30.5 Å². The maximum absolute atomic E-state index is 12.1. The van der Waals surface area contributed by atoms with Gasteiger partial charge in [0.1, 0.15) is 0 Å². The topological polar surface area (TPSA) is 136 Å². The molecular weight excluding hydrogens is 384 g/mol. The molecule has 0 unspecified atom stereocenters. The standard InChI is InChI=1S/C20H18N8O2/c1-28(2)19(29)13-7-5-12(6-8-13)15-11-23-17(21)16(25-15)18-26-27-20(30-18)24-14-4-3-9-22-10-14/h3-11H,1-2H3,(H2,21,23)(H,24,27). The molecule has 150 valence electrons. The third-order valence-electron chi connectivity index (χ3n) is 4.17. The van der Waals surface area contributed by atoms with Crippen LogP contribution in [0, 0.1) is 0 Å². The van der Waals surface area contributed by atoms with Crippen LogP contribution in [0.3, 0.4) is 0 Å². The molecule has 0 spiro atoms. The van der Waals surface area contributed by atoms with Gasteiger partial charge in [-0.15, -0.1) is 5.10 Å². The van der Waals surface area contributed by atoms with Crippen molar-refractivity contribution in [3.8, 4) is 22.8 Å². The number of nitrogens with one attached hydrogen (secondary N) is 1. The second-order valence-electron chi connectivity index (χ2n) is 6.55. The molecule has 0 fully saturated rings. The number of nitrogens with two attached hydrogens (primary N) is 1. The molecule has 10 nitrogen and oxygen atoms in total. The van der Waals surface area contributed by atoms with Gasteiger partial charge < -0.3 is 20.4 Å². The zero-order valence-corrected chi connectivity index (χ0v) is 16.3. The van der Waals surface area contributed by atoms with Crippen molar-refractivity contribution in [1.82, 2.24) is 30.0 Å². The van der Waals surface area contributed by atoms with Crippen molar-refractivity contribution >= 4 is 23.4 Å². The zero-order valence-electron chi connectivity index (χ0n) is 16.3. The summed E-state index contributed by atoms with van der Waals surface area (Å²) in [6.45, 7) is 0. The SMILES string of the molecule is CN(C)C(=O)c1ccc(-c2cnc(N)c(-c3nnc(Nc4cccnc4)o3)n2)cc1. The van der Waals surface area contributed by atoms with E-state index in [0.717, 1.165) is 5.56 Å². The molecule has 0 saturated heterocycles. The molecule has 3 aromatic heterocycles. The van der Waals surface area contributed by atoms with Gasteiger partial charge in [-0.05, 0) is 24.3 Å². The number of carbonyl (C=O) groups is 1. The molecule has 3 N–H and O–H groups in total. The maximum atomic E-state index is 12.1. The lowest BCUT2D eigenvalue weighted by atomic mass is 10.1. The van der Waals surface area contributed by atoms with Crippen molar-refractivity contribution in [2.24, 2.45) is 0 Å². The van der Waals surface area contributed by atoms with E-state index in [0.29, 0.717) is 16.9 Å². The van der Waals surface area contributed by atoms with E-state index >= 15 is 0 Å². The second kappa shape index (κ2) is 7.95. The Morgan fingerprint density at radius 1 is 1.10 bits per heavy atom. The first-order valence-electron chi connectivity index (χ1n) is 8.97. The molecule has 30 heavy (non-hydrogen) atoms. The van der Waals surface area contributed by atoms with Gasteiger partial charge in [0, 0.05) is 31.4 Å². The molecule has 10 heteroatoms. The molecule has 4 rings (SSSR count). The normalized spacial score (nSPS) is 10.6. The zero-order chi connectivity index (χ0) is 21.1. The molecular formula is C20H18N8O2. The molecule has 0 saturated carbocycles. The van der Waals surface area contributed by atoms with Crippen LogP contribution in [0.25, 0.3) is 22.8 Å². The lowest BCUT2D eigenvalue weighted by Crippen LogP contribution is -2.21. The number of nitrogens with zero attached hydrogens (tertiary/aromatic N) is 6. The highest BCUT2D eigenvalue weighted by Gasteiger charge is 2.16. The number of hydrogen-bond acceptors (Lipinski definition) is 9. The van der Waals surface area contributed by atoms with Gasteiger partial charge in [0.2, 0.25) is 0 Å². The lowest BCUT2D eigenvalue weighted by Gasteiger charge is -2.10. The van der Waals surface area contributed by atoms with Gasteiger partial charge >= 0.3 is 6.01 Å². The maximum Gasteiger partial charge on any atom is 0.320 e. The van der Waals surface area contributed by atoms with Crippen LogP contribution < -0.4 is 11.1 Å². The average Bonchev–Trinajstić information content (AvgIpc) is 3.22. The molecule has 1 amide bonds. The summed E-state index contributed by atoms with van der Waals surface area (Å²) in [6, 6.07) is 10.8. The van der Waals surface area contributed by atoms with Crippen molar-refractivity contribution in [2.75, 3.05) is 25.1 Å². The predicted octanol–water partition coefficient (Wildman–Crippen LogP) is 2.62. The molecule has 0 aliphatic heterocycles. The van der Waals surface area contributed by atoms with Gasteiger partial charge in [-0.2, -0.15) is 0 Å². The number of aromatic nitrogens is 5. The Kier molecular flexibility index (Phi) is 5.04. The van der Waals surface area contributed by atoms with E-state index < -0.39 is 0 Å². The summed E-state index contributed by atoms with van der Waals surface area (Å²) >= 11 is 0. The first-order chi connectivity index (χ1) is 14.5. The Hall–Kier alpha value is -4.34. The fraction of sp³-hybridized carbons (Fsp3) is 0.100. The van der Waals surface area contributed by atoms with Crippen molar-refractivity contribution < 1.29 is 9.21 Å². The first-order valence-corrected chi connectivity index (χ1v) is 8.97. The summed E-state index contributed by atoms with van der Waals surface area (Å²) in [6.07, 6.45) is 4.84. The number of anilines is 3. The molecule has 0 aliphatic rings. The fourth-order valence-corrected chi connectivity index (χ4v) is 2.67. The summed E-state index contributed by atoms with van der Waals surface area (Å²) in [5.41, 5.74) is 8.86. The van der Waals surface area contributed by atoms with Crippen LogP contribution in [0.1, 0.15) is 10.4 Å². The van der Waals surface area contributed by atoms with Gasteiger partial charge in [0.05, 0.1) is 23.8 Å². The van der Waals surface area contributed by atoms with Gasteiger partial charge in [-0.25, -0.2) is 9.97 Å². The van der Waals surface area contributed by atoms with Gasteiger partial charge in [-0.3, -0.25) is 9.78 Å². The van der Waals surface area contributed by atoms with Crippen LogP contribution in [0.15, 0.2) is 59.4 Å². The first kappa shape index (κ1) is 19.0. The van der Waals surface area contributed by atoms with E-state index in [-0.39, 0.29) is 29.3 Å². The Morgan fingerprint density at radius 2 is 1.90 bits per heavy atom. The van der Waals surface area contributed by atoms with Crippen LogP contribution in [0.4, 0.5) is 17.5 Å².